The van der Waals surface area contributed by atoms with Crippen LogP contribution in [0.2, 0.25) is 5.02 Å². The Morgan fingerprint density at radius 3 is 1.74 bits per heavy atom. The Bertz CT molecular complexity index is 1250. The van der Waals surface area contributed by atoms with Crippen molar-refractivity contribution >= 4 is 21.6 Å². The lowest BCUT2D eigenvalue weighted by atomic mass is 10.0. The number of aryl methyl sites for hydroxylation is 1. The van der Waals surface area contributed by atoms with E-state index in [1.807, 2.05) is 0 Å². The van der Waals surface area contributed by atoms with Crippen molar-refractivity contribution in [2.24, 2.45) is 0 Å². The molecule has 1 aliphatic heterocycles. The Balaban J connectivity index is 1.89. The number of halogens is 6. The van der Waals surface area contributed by atoms with Crippen LogP contribution in [0, 0.1) is 36.0 Å². The predicted octanol–water partition coefficient (Wildman–Crippen LogP) is 5.83. The van der Waals surface area contributed by atoms with Crippen molar-refractivity contribution in [2.45, 2.75) is 23.9 Å². The summed E-state index contributed by atoms with van der Waals surface area (Å²) in [6.07, 6.45) is 0. The molecule has 0 saturated carbocycles. The molecule has 10 heteroatoms. The second-order valence-corrected chi connectivity index (χ2v) is 9.35. The zero-order chi connectivity index (χ0) is 22.7. The standard InChI is InChI=1S/C21H13ClF5NO2S/c1-10-2-8-13(9-3-10)31(29,30)28-20(11-4-6-12(22)7-5-11)21(28)14-15(23)17(25)19(27)18(26)16(14)24/h2-9,20-21H,1H3. The first-order valence-electron chi connectivity index (χ1n) is 8.92. The molecule has 3 aromatic carbocycles. The van der Waals surface area contributed by atoms with Crippen LogP contribution >= 0.6 is 11.6 Å². The van der Waals surface area contributed by atoms with E-state index in [1.165, 1.54) is 48.5 Å². The molecule has 0 aliphatic carbocycles. The maximum absolute atomic E-state index is 14.5. The molecule has 0 spiro atoms. The van der Waals surface area contributed by atoms with E-state index in [0.29, 0.717) is 5.02 Å². The number of rotatable bonds is 4. The minimum absolute atomic E-state index is 0.177. The van der Waals surface area contributed by atoms with E-state index in [2.05, 4.69) is 0 Å². The van der Waals surface area contributed by atoms with E-state index < -0.39 is 56.8 Å². The van der Waals surface area contributed by atoms with Crippen molar-refractivity contribution in [2.75, 3.05) is 0 Å². The summed E-state index contributed by atoms with van der Waals surface area (Å²) in [5, 5.41) is 0.324. The highest BCUT2D eigenvalue weighted by Gasteiger charge is 2.59. The zero-order valence-corrected chi connectivity index (χ0v) is 17.3. The fourth-order valence-electron chi connectivity index (χ4n) is 3.50. The SMILES string of the molecule is Cc1ccc(S(=O)(=O)N2C(c3ccc(Cl)cc3)C2c2c(F)c(F)c(F)c(F)c2F)cc1. The second-order valence-electron chi connectivity index (χ2n) is 7.07. The van der Waals surface area contributed by atoms with Crippen LogP contribution in [0.1, 0.15) is 28.8 Å². The number of sulfonamides is 1. The van der Waals surface area contributed by atoms with Gasteiger partial charge in [-0.25, -0.2) is 30.4 Å². The second kappa shape index (κ2) is 7.58. The van der Waals surface area contributed by atoms with Crippen molar-refractivity contribution in [3.05, 3.63) is 99.3 Å². The summed E-state index contributed by atoms with van der Waals surface area (Å²) in [4.78, 5) is -0.177. The average Bonchev–Trinajstić information content (AvgIpc) is 3.48. The molecule has 1 heterocycles. The lowest BCUT2D eigenvalue weighted by Crippen LogP contribution is -2.15. The van der Waals surface area contributed by atoms with Crippen LogP contribution in [0.5, 0.6) is 0 Å². The third kappa shape index (κ3) is 3.50. The number of nitrogens with zero attached hydrogens (tertiary/aromatic N) is 1. The molecule has 0 amide bonds. The number of benzene rings is 3. The maximum Gasteiger partial charge on any atom is 0.244 e. The normalized spacial score (nSPS) is 20.7. The molecule has 1 fully saturated rings. The monoisotopic (exact) mass is 473 g/mol. The van der Waals surface area contributed by atoms with Gasteiger partial charge in [0.25, 0.3) is 0 Å². The topological polar surface area (TPSA) is 37.1 Å². The van der Waals surface area contributed by atoms with E-state index in [-0.39, 0.29) is 10.5 Å². The molecule has 0 radical (unpaired) electrons. The fourth-order valence-corrected chi connectivity index (χ4v) is 5.35. The molecule has 3 unspecified atom stereocenters. The van der Waals surface area contributed by atoms with Crippen LogP contribution in [-0.4, -0.2) is 12.7 Å². The van der Waals surface area contributed by atoms with Gasteiger partial charge in [0.1, 0.15) is 0 Å². The molecule has 0 bridgehead atoms. The summed E-state index contributed by atoms with van der Waals surface area (Å²) in [5.74, 6) is -10.7. The molecule has 31 heavy (non-hydrogen) atoms. The molecule has 4 rings (SSSR count). The van der Waals surface area contributed by atoms with Gasteiger partial charge in [0, 0.05) is 5.02 Å². The molecular weight excluding hydrogens is 461 g/mol. The molecule has 3 atom stereocenters. The van der Waals surface area contributed by atoms with Crippen molar-refractivity contribution in [3.63, 3.8) is 0 Å². The molecule has 162 valence electrons. The van der Waals surface area contributed by atoms with Crippen molar-refractivity contribution in [3.8, 4) is 0 Å². The Kier molecular flexibility index (Phi) is 5.31. The Morgan fingerprint density at radius 2 is 1.23 bits per heavy atom. The summed E-state index contributed by atoms with van der Waals surface area (Å²) < 4.78 is 97.2. The summed E-state index contributed by atoms with van der Waals surface area (Å²) in [6, 6.07) is 8.57. The molecule has 1 aliphatic rings. The van der Waals surface area contributed by atoms with Gasteiger partial charge >= 0.3 is 0 Å². The van der Waals surface area contributed by atoms with Gasteiger partial charge in [-0.1, -0.05) is 41.4 Å². The number of hydrogen-bond donors (Lipinski definition) is 0. The minimum atomic E-state index is -4.33. The minimum Gasteiger partial charge on any atom is -0.207 e. The van der Waals surface area contributed by atoms with E-state index in [0.717, 1.165) is 9.87 Å². The number of hydrogen-bond acceptors (Lipinski definition) is 2. The van der Waals surface area contributed by atoms with E-state index >= 15 is 0 Å². The molecule has 3 aromatic rings. The van der Waals surface area contributed by atoms with Gasteiger partial charge in [-0.3, -0.25) is 0 Å². The summed E-state index contributed by atoms with van der Waals surface area (Å²) in [7, 11) is -4.33. The lowest BCUT2D eigenvalue weighted by molar-refractivity contribution is 0.368. The molecule has 1 saturated heterocycles. The van der Waals surface area contributed by atoms with Crippen LogP contribution in [0.4, 0.5) is 22.0 Å². The van der Waals surface area contributed by atoms with Gasteiger partial charge in [0.05, 0.1) is 22.5 Å². The Labute approximate surface area is 179 Å². The van der Waals surface area contributed by atoms with Crippen LogP contribution in [-0.2, 0) is 10.0 Å². The van der Waals surface area contributed by atoms with Crippen LogP contribution in [0.15, 0.2) is 53.4 Å². The van der Waals surface area contributed by atoms with Gasteiger partial charge in [0.15, 0.2) is 23.3 Å². The van der Waals surface area contributed by atoms with Crippen LogP contribution in [0.3, 0.4) is 0 Å². The van der Waals surface area contributed by atoms with Crippen molar-refractivity contribution < 1.29 is 30.4 Å². The quantitative estimate of drug-likeness (QED) is 0.207. The highest BCUT2D eigenvalue weighted by molar-refractivity contribution is 7.89. The first-order chi connectivity index (χ1) is 14.6. The third-order valence-corrected chi connectivity index (χ3v) is 7.23. The van der Waals surface area contributed by atoms with Gasteiger partial charge in [-0.05, 0) is 36.8 Å². The van der Waals surface area contributed by atoms with E-state index in [4.69, 9.17) is 11.6 Å². The molecule has 3 nitrogen and oxygen atoms in total. The van der Waals surface area contributed by atoms with Crippen LogP contribution in [0.25, 0.3) is 0 Å². The highest BCUT2D eigenvalue weighted by Crippen LogP contribution is 2.59. The van der Waals surface area contributed by atoms with Gasteiger partial charge < -0.3 is 0 Å². The first kappa shape index (κ1) is 21.7. The third-order valence-electron chi connectivity index (χ3n) is 5.11. The van der Waals surface area contributed by atoms with Crippen molar-refractivity contribution in [1.29, 1.82) is 0 Å². The van der Waals surface area contributed by atoms with Gasteiger partial charge in [-0.2, -0.15) is 4.31 Å². The molecular formula is C21H13ClF5NO2S. The van der Waals surface area contributed by atoms with Gasteiger partial charge in [-0.15, -0.1) is 0 Å². The molecule has 0 aromatic heterocycles. The summed E-state index contributed by atoms with van der Waals surface area (Å²) in [6.45, 7) is 1.74. The maximum atomic E-state index is 14.5. The molecule has 0 N–H and O–H groups in total. The van der Waals surface area contributed by atoms with Gasteiger partial charge in [0.2, 0.25) is 15.8 Å². The van der Waals surface area contributed by atoms with E-state index in [1.54, 1.807) is 6.92 Å². The van der Waals surface area contributed by atoms with Crippen molar-refractivity contribution in [1.82, 2.24) is 4.31 Å². The smallest absolute Gasteiger partial charge is 0.207 e. The largest absolute Gasteiger partial charge is 0.244 e. The first-order valence-corrected chi connectivity index (χ1v) is 10.7. The Morgan fingerprint density at radius 1 is 0.742 bits per heavy atom. The average molecular weight is 474 g/mol. The van der Waals surface area contributed by atoms with E-state index in [9.17, 15) is 30.4 Å². The van der Waals surface area contributed by atoms with Crippen LogP contribution < -0.4 is 0 Å². The fraction of sp³-hybridized carbons (Fsp3) is 0.143. The summed E-state index contributed by atoms with van der Waals surface area (Å²) in [5.41, 5.74) is -0.142. The highest BCUT2D eigenvalue weighted by atomic mass is 35.5. The summed E-state index contributed by atoms with van der Waals surface area (Å²) >= 11 is 5.84. The lowest BCUT2D eigenvalue weighted by Gasteiger charge is -2.09. The zero-order valence-electron chi connectivity index (χ0n) is 15.7. The predicted molar refractivity (Wildman–Crippen MR) is 103 cm³/mol. The Hall–Kier alpha value is -2.49.